The van der Waals surface area contributed by atoms with Gasteiger partial charge in [0.05, 0.1) is 19.6 Å². The Hall–Kier alpha value is -2.49. The lowest BCUT2D eigenvalue weighted by atomic mass is 9.96. The minimum absolute atomic E-state index is 0.344. The first-order valence-electron chi connectivity index (χ1n) is 7.16. The fraction of sp³-hybridized carbons (Fsp3) is 0.278. The second-order valence-electron chi connectivity index (χ2n) is 5.12. The van der Waals surface area contributed by atoms with E-state index in [-0.39, 0.29) is 0 Å². The highest BCUT2D eigenvalue weighted by molar-refractivity contribution is 5.76. The van der Waals surface area contributed by atoms with E-state index in [0.717, 1.165) is 16.9 Å². The van der Waals surface area contributed by atoms with E-state index >= 15 is 0 Å². The smallest absolute Gasteiger partial charge is 0.311 e. The first-order valence-corrected chi connectivity index (χ1v) is 7.16. The van der Waals surface area contributed by atoms with Gasteiger partial charge in [0.1, 0.15) is 11.5 Å². The van der Waals surface area contributed by atoms with E-state index in [1.807, 2.05) is 31.2 Å². The van der Waals surface area contributed by atoms with E-state index < -0.39 is 11.9 Å². The number of aryl methyl sites for hydroxylation is 1. The number of hydrogen-bond acceptors (Lipinski definition) is 3. The van der Waals surface area contributed by atoms with E-state index in [1.165, 1.54) is 0 Å². The van der Waals surface area contributed by atoms with Gasteiger partial charge in [-0.05, 0) is 43.2 Å². The zero-order chi connectivity index (χ0) is 15.9. The highest BCUT2D eigenvalue weighted by Crippen LogP contribution is 2.24. The molecule has 0 radical (unpaired) electrons. The maximum Gasteiger partial charge on any atom is 0.311 e. The number of carboxylic acid groups (broad SMARTS) is 1. The van der Waals surface area contributed by atoms with Gasteiger partial charge >= 0.3 is 5.97 Å². The first-order chi connectivity index (χ1) is 10.6. The number of benzene rings is 2. The van der Waals surface area contributed by atoms with Crippen molar-refractivity contribution in [1.82, 2.24) is 0 Å². The predicted octanol–water partition coefficient (Wildman–Crippen LogP) is 3.64. The summed E-state index contributed by atoms with van der Waals surface area (Å²) >= 11 is 0. The molecule has 0 saturated carbocycles. The van der Waals surface area contributed by atoms with Gasteiger partial charge in [-0.3, -0.25) is 4.79 Å². The van der Waals surface area contributed by atoms with Gasteiger partial charge in [-0.25, -0.2) is 0 Å². The van der Waals surface area contributed by atoms with Crippen molar-refractivity contribution in [3.63, 3.8) is 0 Å². The summed E-state index contributed by atoms with van der Waals surface area (Å²) in [6.45, 7) is 2.35. The minimum Gasteiger partial charge on any atom is -0.497 e. The number of rotatable bonds is 7. The second kappa shape index (κ2) is 7.50. The molecule has 1 atom stereocenters. The monoisotopic (exact) mass is 300 g/mol. The Labute approximate surface area is 130 Å². The van der Waals surface area contributed by atoms with Gasteiger partial charge in [0.25, 0.3) is 0 Å². The molecule has 0 bridgehead atoms. The summed E-state index contributed by atoms with van der Waals surface area (Å²) in [6.07, 6.45) is 0.399. The van der Waals surface area contributed by atoms with Crippen LogP contribution in [0.3, 0.4) is 0 Å². The zero-order valence-electron chi connectivity index (χ0n) is 12.8. The van der Waals surface area contributed by atoms with Gasteiger partial charge in [-0.15, -0.1) is 0 Å². The number of carboxylic acids is 1. The molecule has 0 aromatic heterocycles. The van der Waals surface area contributed by atoms with Crippen LogP contribution in [0.25, 0.3) is 0 Å². The van der Waals surface area contributed by atoms with Crippen molar-refractivity contribution in [3.05, 3.63) is 59.7 Å². The van der Waals surface area contributed by atoms with Crippen LogP contribution in [-0.2, 0) is 4.79 Å². The van der Waals surface area contributed by atoms with Crippen LogP contribution in [0.4, 0.5) is 0 Å². The number of hydrogen-bond donors (Lipinski definition) is 1. The van der Waals surface area contributed by atoms with Crippen LogP contribution in [0.15, 0.2) is 48.5 Å². The van der Waals surface area contributed by atoms with Gasteiger partial charge in [0, 0.05) is 0 Å². The van der Waals surface area contributed by atoms with Crippen LogP contribution in [0, 0.1) is 6.92 Å². The normalized spacial score (nSPS) is 11.7. The van der Waals surface area contributed by atoms with Gasteiger partial charge in [0.15, 0.2) is 0 Å². The summed E-state index contributed by atoms with van der Waals surface area (Å²) in [4.78, 5) is 11.5. The Bertz CT molecular complexity index is 619. The van der Waals surface area contributed by atoms with E-state index in [9.17, 15) is 9.90 Å². The van der Waals surface area contributed by atoms with Crippen molar-refractivity contribution in [2.45, 2.75) is 19.3 Å². The molecule has 2 rings (SSSR count). The molecule has 0 fully saturated rings. The van der Waals surface area contributed by atoms with E-state index in [2.05, 4.69) is 0 Å². The van der Waals surface area contributed by atoms with E-state index in [0.29, 0.717) is 18.8 Å². The Balaban J connectivity index is 1.99. The molecule has 4 nitrogen and oxygen atoms in total. The molecule has 0 amide bonds. The van der Waals surface area contributed by atoms with Gasteiger partial charge in [-0.2, -0.15) is 0 Å². The molecule has 0 aliphatic heterocycles. The molecular formula is C18H20O4. The maximum atomic E-state index is 11.5. The average Bonchev–Trinajstić information content (AvgIpc) is 2.53. The zero-order valence-corrected chi connectivity index (χ0v) is 12.8. The third-order valence-electron chi connectivity index (χ3n) is 3.49. The molecule has 0 saturated heterocycles. The van der Waals surface area contributed by atoms with Crippen LogP contribution in [0.5, 0.6) is 11.5 Å². The number of carbonyl (C=O) groups is 1. The molecule has 0 aliphatic carbocycles. The summed E-state index contributed by atoms with van der Waals surface area (Å²) < 4.78 is 10.8. The number of ether oxygens (including phenoxy) is 2. The summed E-state index contributed by atoms with van der Waals surface area (Å²) in [7, 11) is 1.56. The fourth-order valence-corrected chi connectivity index (χ4v) is 2.22. The third-order valence-corrected chi connectivity index (χ3v) is 3.49. The maximum absolute atomic E-state index is 11.5. The lowest BCUT2D eigenvalue weighted by molar-refractivity contribution is -0.139. The minimum atomic E-state index is -0.860. The first kappa shape index (κ1) is 15.9. The molecule has 0 heterocycles. The number of methoxy groups -OCH3 is 1. The van der Waals surface area contributed by atoms with Crippen LogP contribution in [0.2, 0.25) is 0 Å². The van der Waals surface area contributed by atoms with Gasteiger partial charge in [0.2, 0.25) is 0 Å². The second-order valence-corrected chi connectivity index (χ2v) is 5.12. The van der Waals surface area contributed by atoms with Crippen LogP contribution < -0.4 is 9.47 Å². The third kappa shape index (κ3) is 4.25. The van der Waals surface area contributed by atoms with Crippen molar-refractivity contribution in [2.24, 2.45) is 0 Å². The van der Waals surface area contributed by atoms with E-state index in [4.69, 9.17) is 9.47 Å². The molecule has 22 heavy (non-hydrogen) atoms. The largest absolute Gasteiger partial charge is 0.497 e. The van der Waals surface area contributed by atoms with Crippen molar-refractivity contribution < 1.29 is 19.4 Å². The van der Waals surface area contributed by atoms with Crippen LogP contribution in [-0.4, -0.2) is 24.8 Å². The number of aliphatic carboxylic acids is 1. The fourth-order valence-electron chi connectivity index (χ4n) is 2.22. The predicted molar refractivity (Wildman–Crippen MR) is 84.7 cm³/mol. The molecule has 0 spiro atoms. The molecule has 2 aromatic carbocycles. The summed E-state index contributed by atoms with van der Waals surface area (Å²) in [5, 5.41) is 9.43. The molecule has 0 aliphatic rings. The van der Waals surface area contributed by atoms with Crippen molar-refractivity contribution in [3.8, 4) is 11.5 Å². The standard InChI is InChI=1S/C18H20O4/c1-13-6-8-15(9-7-13)22-11-10-17(18(19)20)14-4-3-5-16(12-14)21-2/h3-9,12,17H,10-11H2,1-2H3,(H,19,20). The van der Waals surface area contributed by atoms with E-state index in [1.54, 1.807) is 31.4 Å². The Morgan fingerprint density at radius 3 is 2.50 bits per heavy atom. The van der Waals surface area contributed by atoms with Crippen molar-refractivity contribution in [1.29, 1.82) is 0 Å². The summed E-state index contributed by atoms with van der Waals surface area (Å²) in [6, 6.07) is 14.8. The molecule has 2 aromatic rings. The molecular weight excluding hydrogens is 280 g/mol. The van der Waals surface area contributed by atoms with Gasteiger partial charge in [-0.1, -0.05) is 29.8 Å². The Kier molecular flexibility index (Phi) is 5.42. The van der Waals surface area contributed by atoms with Crippen LogP contribution >= 0.6 is 0 Å². The van der Waals surface area contributed by atoms with Gasteiger partial charge < -0.3 is 14.6 Å². The summed E-state index contributed by atoms with van der Waals surface area (Å²) in [5.74, 6) is -0.0649. The SMILES string of the molecule is COc1cccc(C(CCOc2ccc(C)cc2)C(=O)O)c1. The van der Waals surface area contributed by atoms with Crippen LogP contribution in [0.1, 0.15) is 23.5 Å². The Morgan fingerprint density at radius 1 is 1.14 bits per heavy atom. The highest BCUT2D eigenvalue weighted by atomic mass is 16.5. The molecule has 116 valence electrons. The lowest BCUT2D eigenvalue weighted by Gasteiger charge is -2.14. The quantitative estimate of drug-likeness (QED) is 0.848. The lowest BCUT2D eigenvalue weighted by Crippen LogP contribution is -2.15. The topological polar surface area (TPSA) is 55.8 Å². The summed E-state index contributed by atoms with van der Waals surface area (Å²) in [5.41, 5.74) is 1.88. The van der Waals surface area contributed by atoms with Crippen molar-refractivity contribution >= 4 is 5.97 Å². The molecule has 1 N–H and O–H groups in total. The molecule has 1 unspecified atom stereocenters. The highest BCUT2D eigenvalue weighted by Gasteiger charge is 2.20. The van der Waals surface area contributed by atoms with Crippen molar-refractivity contribution in [2.75, 3.05) is 13.7 Å². The average molecular weight is 300 g/mol. The Morgan fingerprint density at radius 2 is 1.86 bits per heavy atom. The molecule has 4 heteroatoms.